The number of rotatable bonds is 11. The Kier molecular flexibility index (Phi) is 12.2. The lowest BCUT2D eigenvalue weighted by atomic mass is 9.88. The molecule has 3 amide bonds. The first-order chi connectivity index (χ1) is 23.5. The lowest BCUT2D eigenvalue weighted by Gasteiger charge is -2.18. The van der Waals surface area contributed by atoms with Gasteiger partial charge in [-0.3, -0.25) is 14.4 Å². The maximum Gasteiger partial charge on any atom is 0.341 e. The van der Waals surface area contributed by atoms with E-state index in [0.717, 1.165) is 34.6 Å². The summed E-state index contributed by atoms with van der Waals surface area (Å²) in [6.45, 7) is 5.97. The van der Waals surface area contributed by atoms with Crippen molar-refractivity contribution in [2.24, 2.45) is 5.92 Å². The van der Waals surface area contributed by atoms with Crippen LogP contribution < -0.4 is 16.0 Å². The van der Waals surface area contributed by atoms with E-state index in [1.54, 1.807) is 80.6 Å². The number of anilines is 2. The number of fused-ring (bicyclic) bond motifs is 1. The van der Waals surface area contributed by atoms with Crippen LogP contribution in [0.4, 0.5) is 10.7 Å². The van der Waals surface area contributed by atoms with Crippen LogP contribution in [0, 0.1) is 5.92 Å². The molecule has 12 heteroatoms. The quantitative estimate of drug-likeness (QED) is 0.0806. The lowest BCUT2D eigenvalue weighted by molar-refractivity contribution is -0.115. The molecule has 0 radical (unpaired) electrons. The van der Waals surface area contributed by atoms with Gasteiger partial charge in [0.05, 0.1) is 17.4 Å². The number of hydrogen-bond donors (Lipinski definition) is 3. The minimum absolute atomic E-state index is 0.0694. The largest absolute Gasteiger partial charge is 0.462 e. The minimum atomic E-state index is -0.601. The van der Waals surface area contributed by atoms with Gasteiger partial charge in [0.1, 0.15) is 10.7 Å². The molecule has 1 aromatic heterocycles. The Morgan fingerprint density at radius 1 is 1.00 bits per heavy atom. The molecule has 0 fully saturated rings. The van der Waals surface area contributed by atoms with Crippen LogP contribution in [0.15, 0.2) is 83.4 Å². The summed E-state index contributed by atoms with van der Waals surface area (Å²) in [5.74, 6) is -1.26. The van der Waals surface area contributed by atoms with Crippen molar-refractivity contribution in [1.29, 1.82) is 0 Å². The summed E-state index contributed by atoms with van der Waals surface area (Å²) >= 11 is 15.5. The molecule has 0 aliphatic heterocycles. The van der Waals surface area contributed by atoms with E-state index in [2.05, 4.69) is 22.9 Å². The Morgan fingerprint density at radius 2 is 1.71 bits per heavy atom. The van der Waals surface area contributed by atoms with Gasteiger partial charge < -0.3 is 20.7 Å². The van der Waals surface area contributed by atoms with E-state index < -0.39 is 23.0 Å². The minimum Gasteiger partial charge on any atom is -0.462 e. The molecule has 2 unspecified atom stereocenters. The number of halogens is 2. The Morgan fingerprint density at radius 3 is 2.43 bits per heavy atom. The van der Waals surface area contributed by atoms with Crippen molar-refractivity contribution >= 4 is 86.8 Å². The number of carbonyl (C=O) groups excluding carboxylic acids is 4. The van der Waals surface area contributed by atoms with Crippen LogP contribution in [0.25, 0.3) is 6.08 Å². The van der Waals surface area contributed by atoms with Crippen LogP contribution in [-0.4, -0.2) is 35.5 Å². The second-order valence-corrected chi connectivity index (χ2v) is 14.9. The molecule has 0 saturated heterocycles. The molecular formula is C37H35Cl2N3O5S2. The number of thioether (sulfide) groups is 1. The van der Waals surface area contributed by atoms with E-state index >= 15 is 0 Å². The smallest absolute Gasteiger partial charge is 0.341 e. The van der Waals surface area contributed by atoms with Crippen molar-refractivity contribution in [2.45, 2.75) is 50.2 Å². The van der Waals surface area contributed by atoms with Crippen molar-refractivity contribution in [1.82, 2.24) is 5.32 Å². The Bertz CT molecular complexity index is 1890. The molecule has 0 spiro atoms. The van der Waals surface area contributed by atoms with Crippen LogP contribution in [0.1, 0.15) is 63.9 Å². The third-order valence-electron chi connectivity index (χ3n) is 7.82. The molecule has 1 aliphatic rings. The molecule has 0 bridgehead atoms. The second kappa shape index (κ2) is 16.5. The molecule has 8 nitrogen and oxygen atoms in total. The zero-order valence-corrected chi connectivity index (χ0v) is 30.2. The average Bonchev–Trinajstić information content (AvgIpc) is 3.43. The van der Waals surface area contributed by atoms with Crippen molar-refractivity contribution in [3.8, 4) is 0 Å². The number of carbonyl (C=O) groups is 4. The van der Waals surface area contributed by atoms with Gasteiger partial charge in [0, 0.05) is 36.6 Å². The van der Waals surface area contributed by atoms with Crippen LogP contribution in [0.2, 0.25) is 10.0 Å². The highest BCUT2D eigenvalue weighted by Gasteiger charge is 2.30. The first-order valence-corrected chi connectivity index (χ1v) is 18.2. The number of amides is 3. The summed E-state index contributed by atoms with van der Waals surface area (Å²) in [5, 5.41) is 9.10. The molecule has 254 valence electrons. The van der Waals surface area contributed by atoms with Gasteiger partial charge in [0.25, 0.3) is 11.8 Å². The fourth-order valence-electron chi connectivity index (χ4n) is 5.31. The summed E-state index contributed by atoms with van der Waals surface area (Å²) < 4.78 is 5.34. The highest BCUT2D eigenvalue weighted by molar-refractivity contribution is 8.00. The first-order valence-electron chi connectivity index (χ1n) is 15.8. The molecule has 2 atom stereocenters. The zero-order valence-electron chi connectivity index (χ0n) is 27.1. The summed E-state index contributed by atoms with van der Waals surface area (Å²) in [4.78, 5) is 54.8. The summed E-state index contributed by atoms with van der Waals surface area (Å²) in [5.41, 5.74) is 2.55. The molecule has 3 aromatic carbocycles. The molecule has 1 aliphatic carbocycles. The van der Waals surface area contributed by atoms with Crippen molar-refractivity contribution in [3.05, 3.63) is 116 Å². The van der Waals surface area contributed by atoms with Crippen LogP contribution in [0.5, 0.6) is 0 Å². The number of esters is 1. The van der Waals surface area contributed by atoms with Crippen molar-refractivity contribution in [2.75, 3.05) is 17.2 Å². The van der Waals surface area contributed by atoms with Crippen molar-refractivity contribution in [3.63, 3.8) is 0 Å². The standard InChI is InChI=1S/C37H35Cl2N3O5S2/c1-4-47-37(46)32-26-17-16-21(2)18-31(26)49-36(32)42-33(43)22(3)48-25-13-8-12-24(19-25)40-35(45)30(20-27-28(38)14-9-15-29(27)39)41-34(44)23-10-6-5-7-11-23/h5-15,19-22H,4,16-18H2,1-3H3,(H,40,45)(H,41,44)(H,42,43)/b30-20+. The average molecular weight is 737 g/mol. The van der Waals surface area contributed by atoms with E-state index in [1.807, 2.05) is 6.07 Å². The fourth-order valence-corrected chi connectivity index (χ4v) is 8.14. The lowest BCUT2D eigenvalue weighted by Crippen LogP contribution is -2.30. The maximum absolute atomic E-state index is 13.6. The van der Waals surface area contributed by atoms with E-state index in [-0.39, 0.29) is 18.2 Å². The van der Waals surface area contributed by atoms with E-state index in [0.29, 0.717) is 43.3 Å². The van der Waals surface area contributed by atoms with Crippen LogP contribution in [-0.2, 0) is 27.2 Å². The zero-order chi connectivity index (χ0) is 35.1. The van der Waals surface area contributed by atoms with Gasteiger partial charge in [-0.25, -0.2) is 4.79 Å². The Hall–Kier alpha value is -4.09. The van der Waals surface area contributed by atoms with Gasteiger partial charge in [-0.15, -0.1) is 23.1 Å². The SMILES string of the molecule is CCOC(=O)c1c(NC(=O)C(C)Sc2cccc(NC(=O)/C(=C\c3c(Cl)cccc3Cl)NC(=O)c3ccccc3)c2)sc2c1CCC(C)C2. The van der Waals surface area contributed by atoms with E-state index in [1.165, 1.54) is 29.2 Å². The first kappa shape index (κ1) is 36.2. The molecule has 1 heterocycles. The molecule has 3 N–H and O–H groups in total. The van der Waals surface area contributed by atoms with Crippen LogP contribution >= 0.6 is 46.3 Å². The van der Waals surface area contributed by atoms with Gasteiger partial charge >= 0.3 is 5.97 Å². The highest BCUT2D eigenvalue weighted by Crippen LogP contribution is 2.40. The van der Waals surface area contributed by atoms with Crippen molar-refractivity contribution < 1.29 is 23.9 Å². The fraction of sp³-hybridized carbons (Fsp3) is 0.243. The Labute approximate surface area is 303 Å². The van der Waals surface area contributed by atoms with Gasteiger partial charge in [0.15, 0.2) is 0 Å². The predicted octanol–water partition coefficient (Wildman–Crippen LogP) is 8.89. The topological polar surface area (TPSA) is 114 Å². The molecule has 4 aromatic rings. The number of hydrogen-bond acceptors (Lipinski definition) is 7. The number of ether oxygens (including phenoxy) is 1. The van der Waals surface area contributed by atoms with Gasteiger partial charge in [-0.05, 0) is 93.1 Å². The number of benzene rings is 3. The summed E-state index contributed by atoms with van der Waals surface area (Å²) in [6, 6.07) is 20.5. The Balaban J connectivity index is 1.31. The summed E-state index contributed by atoms with van der Waals surface area (Å²) in [6.07, 6.45) is 4.05. The molecule has 0 saturated carbocycles. The molecule has 5 rings (SSSR count). The van der Waals surface area contributed by atoms with Gasteiger partial charge in [-0.2, -0.15) is 0 Å². The second-order valence-electron chi connectivity index (χ2n) is 11.5. The van der Waals surface area contributed by atoms with Gasteiger partial charge in [0.2, 0.25) is 5.91 Å². The summed E-state index contributed by atoms with van der Waals surface area (Å²) in [7, 11) is 0. The predicted molar refractivity (Wildman–Crippen MR) is 199 cm³/mol. The van der Waals surface area contributed by atoms with Gasteiger partial charge in [-0.1, -0.05) is 60.5 Å². The number of thiophene rings is 1. The normalized spacial score (nSPS) is 14.7. The van der Waals surface area contributed by atoms with Crippen LogP contribution in [0.3, 0.4) is 0 Å². The third-order valence-corrected chi connectivity index (χ3v) is 10.7. The third kappa shape index (κ3) is 9.13. The maximum atomic E-state index is 13.6. The monoisotopic (exact) mass is 735 g/mol. The van der Waals surface area contributed by atoms with E-state index in [4.69, 9.17) is 27.9 Å². The van der Waals surface area contributed by atoms with E-state index in [9.17, 15) is 19.2 Å². The molecular weight excluding hydrogens is 701 g/mol. The highest BCUT2D eigenvalue weighted by atomic mass is 35.5. The molecule has 49 heavy (non-hydrogen) atoms. The number of nitrogens with one attached hydrogen (secondary N) is 3.